The van der Waals surface area contributed by atoms with E-state index in [1.807, 2.05) is 6.07 Å². The predicted octanol–water partition coefficient (Wildman–Crippen LogP) is 1.90. The van der Waals surface area contributed by atoms with Crippen molar-refractivity contribution in [2.24, 2.45) is 0 Å². The van der Waals surface area contributed by atoms with E-state index in [0.29, 0.717) is 0 Å². The van der Waals surface area contributed by atoms with Gasteiger partial charge < -0.3 is 0 Å². The number of halogens is 1. The van der Waals surface area contributed by atoms with E-state index in [1.54, 1.807) is 13.8 Å². The van der Waals surface area contributed by atoms with Crippen LogP contribution in [-0.2, 0) is 10.0 Å². The van der Waals surface area contributed by atoms with Gasteiger partial charge in [-0.15, -0.1) is 6.42 Å². The second-order valence-corrected chi connectivity index (χ2v) is 6.22. The van der Waals surface area contributed by atoms with Crippen LogP contribution in [0.2, 0.25) is 5.02 Å². The van der Waals surface area contributed by atoms with Crippen LogP contribution in [0.15, 0.2) is 23.1 Å². The molecule has 0 fully saturated rings. The van der Waals surface area contributed by atoms with Crippen LogP contribution >= 0.6 is 11.6 Å². The van der Waals surface area contributed by atoms with Gasteiger partial charge in [-0.25, -0.2) is 8.42 Å². The van der Waals surface area contributed by atoms with Crippen LogP contribution in [0.25, 0.3) is 0 Å². The van der Waals surface area contributed by atoms with E-state index in [0.717, 1.165) is 0 Å². The monoisotopic (exact) mass is 282 g/mol. The van der Waals surface area contributed by atoms with Crippen molar-refractivity contribution in [3.05, 3.63) is 28.8 Å². The number of rotatable bonds is 3. The number of nitriles is 1. The number of benzene rings is 1. The molecule has 0 aromatic heterocycles. The Morgan fingerprint density at radius 2 is 2.06 bits per heavy atom. The summed E-state index contributed by atoms with van der Waals surface area (Å²) in [7, 11) is -3.76. The molecule has 1 rings (SSSR count). The van der Waals surface area contributed by atoms with Crippen molar-refractivity contribution in [2.75, 3.05) is 0 Å². The largest absolute Gasteiger partial charge is 0.241 e. The summed E-state index contributed by atoms with van der Waals surface area (Å²) >= 11 is 5.79. The minimum absolute atomic E-state index is 0.0326. The zero-order chi connectivity index (χ0) is 14.0. The molecule has 0 unspecified atom stereocenters. The number of nitrogens with zero attached hydrogens (tertiary/aromatic N) is 1. The molecule has 1 aromatic carbocycles. The molecular weight excluding hydrogens is 272 g/mol. The van der Waals surface area contributed by atoms with E-state index in [2.05, 4.69) is 10.6 Å². The Hall–Kier alpha value is -1.53. The van der Waals surface area contributed by atoms with Crippen LogP contribution < -0.4 is 4.72 Å². The minimum Gasteiger partial charge on any atom is -0.207 e. The topological polar surface area (TPSA) is 70.0 Å². The van der Waals surface area contributed by atoms with E-state index in [1.165, 1.54) is 18.2 Å². The second kappa shape index (κ2) is 4.99. The van der Waals surface area contributed by atoms with Gasteiger partial charge in [0.1, 0.15) is 6.07 Å². The summed E-state index contributed by atoms with van der Waals surface area (Å²) in [6.07, 6.45) is 5.22. The summed E-state index contributed by atoms with van der Waals surface area (Å²) < 4.78 is 26.4. The summed E-state index contributed by atoms with van der Waals surface area (Å²) in [4.78, 5) is -0.0326. The Balaban J connectivity index is 3.20. The molecule has 18 heavy (non-hydrogen) atoms. The van der Waals surface area contributed by atoms with E-state index in [9.17, 15) is 8.42 Å². The van der Waals surface area contributed by atoms with E-state index >= 15 is 0 Å². The first-order valence-corrected chi connectivity index (χ1v) is 6.79. The second-order valence-electron chi connectivity index (χ2n) is 4.13. The third kappa shape index (κ3) is 3.24. The molecule has 0 heterocycles. The molecule has 0 saturated heterocycles. The molecule has 0 aliphatic heterocycles. The van der Waals surface area contributed by atoms with Crippen LogP contribution in [0.5, 0.6) is 0 Å². The number of hydrogen-bond donors (Lipinski definition) is 1. The molecule has 0 bridgehead atoms. The third-order valence-corrected chi connectivity index (χ3v) is 4.09. The summed E-state index contributed by atoms with van der Waals surface area (Å²) in [5.41, 5.74) is -0.786. The van der Waals surface area contributed by atoms with Crippen LogP contribution in [0, 0.1) is 23.7 Å². The van der Waals surface area contributed by atoms with Crippen molar-refractivity contribution >= 4 is 21.6 Å². The quantitative estimate of drug-likeness (QED) is 0.861. The first kappa shape index (κ1) is 14.5. The molecule has 0 aliphatic carbocycles. The smallest absolute Gasteiger partial charge is 0.207 e. The lowest BCUT2D eigenvalue weighted by Gasteiger charge is -2.19. The highest BCUT2D eigenvalue weighted by Gasteiger charge is 2.24. The summed E-state index contributed by atoms with van der Waals surface area (Å²) in [6.45, 7) is 3.13. The number of sulfonamides is 1. The van der Waals surface area contributed by atoms with Crippen molar-refractivity contribution in [3.63, 3.8) is 0 Å². The molecule has 94 valence electrons. The Morgan fingerprint density at radius 1 is 1.44 bits per heavy atom. The van der Waals surface area contributed by atoms with Crippen molar-refractivity contribution in [3.8, 4) is 18.4 Å². The summed E-state index contributed by atoms with van der Waals surface area (Å²) in [5, 5.41) is 8.79. The molecular formula is C12H11ClN2O2S. The van der Waals surface area contributed by atoms with E-state index < -0.39 is 15.6 Å². The highest BCUT2D eigenvalue weighted by Crippen LogP contribution is 2.21. The van der Waals surface area contributed by atoms with Gasteiger partial charge in [0, 0.05) is 0 Å². The zero-order valence-corrected chi connectivity index (χ0v) is 11.4. The van der Waals surface area contributed by atoms with Gasteiger partial charge in [-0.3, -0.25) is 0 Å². The Kier molecular flexibility index (Phi) is 4.03. The minimum atomic E-state index is -3.76. The van der Waals surface area contributed by atoms with Crippen molar-refractivity contribution in [1.29, 1.82) is 5.26 Å². The lowest BCUT2D eigenvalue weighted by atomic mass is 10.1. The average Bonchev–Trinajstić information content (AvgIpc) is 2.27. The van der Waals surface area contributed by atoms with Crippen LogP contribution in [-0.4, -0.2) is 14.0 Å². The Morgan fingerprint density at radius 3 is 2.50 bits per heavy atom. The number of terminal acetylenes is 1. The molecule has 0 spiro atoms. The SMILES string of the molecule is C#CC(C)(C)NS(=O)(=O)c1ccc(C#N)c(Cl)c1. The van der Waals surface area contributed by atoms with Gasteiger partial charge in [0.25, 0.3) is 0 Å². The van der Waals surface area contributed by atoms with Gasteiger partial charge in [-0.1, -0.05) is 17.5 Å². The lowest BCUT2D eigenvalue weighted by molar-refractivity contribution is 0.539. The van der Waals surface area contributed by atoms with Crippen molar-refractivity contribution in [1.82, 2.24) is 4.72 Å². The zero-order valence-electron chi connectivity index (χ0n) is 9.86. The molecule has 0 radical (unpaired) electrons. The van der Waals surface area contributed by atoms with Gasteiger partial charge >= 0.3 is 0 Å². The highest BCUT2D eigenvalue weighted by atomic mass is 35.5. The fraction of sp³-hybridized carbons (Fsp3) is 0.250. The maximum atomic E-state index is 12.0. The van der Waals surface area contributed by atoms with Crippen LogP contribution in [0.4, 0.5) is 0 Å². The number of hydrogen-bond acceptors (Lipinski definition) is 3. The normalized spacial score (nSPS) is 11.6. The molecule has 4 nitrogen and oxygen atoms in total. The highest BCUT2D eigenvalue weighted by molar-refractivity contribution is 7.89. The maximum Gasteiger partial charge on any atom is 0.241 e. The molecule has 1 N–H and O–H groups in total. The molecule has 0 atom stereocenters. The van der Waals surface area contributed by atoms with Gasteiger partial charge in [0.05, 0.1) is 21.0 Å². The van der Waals surface area contributed by atoms with Gasteiger partial charge in [-0.05, 0) is 32.0 Å². The standard InChI is InChI=1S/C12H11ClN2O2S/c1-4-12(2,3)15-18(16,17)10-6-5-9(8-14)11(13)7-10/h1,5-7,15H,2-3H3. The summed E-state index contributed by atoms with van der Waals surface area (Å²) in [5.74, 6) is 2.33. The fourth-order valence-corrected chi connectivity index (χ4v) is 2.83. The maximum absolute atomic E-state index is 12.0. The molecule has 0 saturated carbocycles. The first-order valence-electron chi connectivity index (χ1n) is 4.93. The first-order chi connectivity index (χ1) is 8.22. The van der Waals surface area contributed by atoms with Crippen molar-refractivity contribution < 1.29 is 8.42 Å². The van der Waals surface area contributed by atoms with E-state index in [4.69, 9.17) is 23.3 Å². The van der Waals surface area contributed by atoms with Gasteiger partial charge in [0.2, 0.25) is 10.0 Å². The van der Waals surface area contributed by atoms with Gasteiger partial charge in [-0.2, -0.15) is 9.98 Å². The fourth-order valence-electron chi connectivity index (χ4n) is 1.18. The predicted molar refractivity (Wildman–Crippen MR) is 69.4 cm³/mol. The molecule has 0 aliphatic rings. The number of nitrogens with one attached hydrogen (secondary N) is 1. The van der Waals surface area contributed by atoms with E-state index in [-0.39, 0.29) is 15.5 Å². The van der Waals surface area contributed by atoms with Crippen LogP contribution in [0.1, 0.15) is 19.4 Å². The summed E-state index contributed by atoms with van der Waals surface area (Å²) in [6, 6.07) is 5.72. The third-order valence-electron chi connectivity index (χ3n) is 2.12. The van der Waals surface area contributed by atoms with Crippen molar-refractivity contribution in [2.45, 2.75) is 24.3 Å². The van der Waals surface area contributed by atoms with Crippen LogP contribution in [0.3, 0.4) is 0 Å². The molecule has 1 aromatic rings. The Bertz CT molecular complexity index is 652. The Labute approximate surface area is 112 Å². The molecule has 6 heteroatoms. The molecule has 0 amide bonds. The lowest BCUT2D eigenvalue weighted by Crippen LogP contribution is -2.41. The van der Waals surface area contributed by atoms with Gasteiger partial charge in [0.15, 0.2) is 0 Å². The average molecular weight is 283 g/mol.